The molecule has 0 spiro atoms. The predicted molar refractivity (Wildman–Crippen MR) is 525 cm³/mol. The van der Waals surface area contributed by atoms with Crippen molar-refractivity contribution in [2.75, 3.05) is 0 Å². The molecule has 22 aromatic carbocycles. The monoisotopic (exact) mass is 1570 g/mol. The summed E-state index contributed by atoms with van der Waals surface area (Å²) in [7, 11) is 0. The highest BCUT2D eigenvalue weighted by molar-refractivity contribution is 6.27. The Morgan fingerprint density at radius 1 is 0.129 bits per heavy atom. The molecule has 4 nitrogen and oxygen atoms in total. The van der Waals surface area contributed by atoms with Crippen LogP contribution in [0, 0.1) is 0 Å². The Morgan fingerprint density at radius 3 is 1.14 bits per heavy atom. The minimum Gasteiger partial charge on any atom is -0.309 e. The molecular formula is C120H70N4. The highest BCUT2D eigenvalue weighted by Gasteiger charge is 2.30. The lowest BCUT2D eigenvalue weighted by molar-refractivity contribution is 1.18. The lowest BCUT2D eigenvalue weighted by Gasteiger charge is -2.17. The Kier molecular flexibility index (Phi) is 13.9. The third-order valence-corrected chi connectivity index (χ3v) is 27.8. The molecule has 0 saturated carbocycles. The zero-order chi connectivity index (χ0) is 80.7. The average Bonchev–Trinajstić information content (AvgIpc) is 1.54. The second-order valence-corrected chi connectivity index (χ2v) is 34.0. The molecule has 26 aromatic rings. The minimum absolute atomic E-state index is 1.14. The number of benzene rings is 22. The Balaban J connectivity index is 0.619. The lowest BCUT2D eigenvalue weighted by Crippen LogP contribution is -1.97. The summed E-state index contributed by atoms with van der Waals surface area (Å²) in [6.07, 6.45) is 0. The van der Waals surface area contributed by atoms with Gasteiger partial charge in [-0.15, -0.1) is 0 Å². The quantitative estimate of drug-likeness (QED) is 0.137. The molecule has 0 atom stereocenters. The van der Waals surface area contributed by atoms with Crippen LogP contribution in [-0.2, 0) is 0 Å². The van der Waals surface area contributed by atoms with Crippen molar-refractivity contribution in [1.29, 1.82) is 0 Å². The van der Waals surface area contributed by atoms with E-state index in [1.807, 2.05) is 0 Å². The van der Waals surface area contributed by atoms with Gasteiger partial charge in [-0.05, 0) is 240 Å². The fourth-order valence-electron chi connectivity index (χ4n) is 22.5. The van der Waals surface area contributed by atoms with Gasteiger partial charge in [-0.25, -0.2) is 0 Å². The number of hydrogen-bond donors (Lipinski definition) is 0. The van der Waals surface area contributed by atoms with Gasteiger partial charge in [0.2, 0.25) is 0 Å². The number of rotatable bonds is 9. The summed E-state index contributed by atoms with van der Waals surface area (Å²) in [6.45, 7) is 0. The van der Waals surface area contributed by atoms with Gasteiger partial charge < -0.3 is 18.3 Å². The number of para-hydroxylation sites is 4. The Hall–Kier alpha value is -16.4. The van der Waals surface area contributed by atoms with Crippen LogP contribution < -0.4 is 0 Å². The van der Waals surface area contributed by atoms with Crippen LogP contribution in [0.25, 0.3) is 275 Å². The van der Waals surface area contributed by atoms with E-state index < -0.39 is 0 Å². The molecule has 4 aromatic heterocycles. The fourth-order valence-corrected chi connectivity index (χ4v) is 22.5. The van der Waals surface area contributed by atoms with E-state index in [0.717, 1.165) is 44.9 Å². The lowest BCUT2D eigenvalue weighted by atomic mass is 9.90. The van der Waals surface area contributed by atoms with E-state index in [2.05, 4.69) is 443 Å². The molecule has 0 radical (unpaired) electrons. The van der Waals surface area contributed by atoms with Crippen molar-refractivity contribution in [3.63, 3.8) is 0 Å². The van der Waals surface area contributed by atoms with Gasteiger partial charge in [0.05, 0.1) is 55.5 Å². The SMILES string of the molecule is c1ccc(-n2c3ccccc3c3cc(-c4ccc5c6ccc7ccccc7c6n(-c6ccc(-c7ccc8c9c(cccc79)-c7ccc(-c9cc(-c%10ccc%11c(c%10)c%10ccc%12ccccc%12c%10n%11-c%10ccccc%10)cc%10c9c9ccccc9n%10-c9ccc(-c%10ccc%11c%12c(cccc%10%12)-c%10ccccc%10-%11)c%10ccccc9%10)cc7-8)c7ccccc67)c5c4)ccc32)cc1. The molecule has 0 aliphatic heterocycles. The second-order valence-electron chi connectivity index (χ2n) is 34.0. The highest BCUT2D eigenvalue weighted by atomic mass is 15.0. The van der Waals surface area contributed by atoms with Crippen LogP contribution in [0.15, 0.2) is 425 Å². The Labute approximate surface area is 712 Å². The molecule has 0 saturated heterocycles. The van der Waals surface area contributed by atoms with Crippen molar-refractivity contribution < 1.29 is 0 Å². The summed E-state index contributed by atoms with van der Waals surface area (Å²) in [4.78, 5) is 0. The summed E-state index contributed by atoms with van der Waals surface area (Å²) in [6, 6.07) is 161. The smallest absolute Gasteiger partial charge is 0.0619 e. The van der Waals surface area contributed by atoms with Crippen LogP contribution in [0.3, 0.4) is 0 Å². The fraction of sp³-hybridized carbons (Fsp3) is 0. The van der Waals surface area contributed by atoms with Crippen LogP contribution in [0.2, 0.25) is 0 Å². The van der Waals surface area contributed by atoms with Crippen LogP contribution in [-0.4, -0.2) is 18.3 Å². The van der Waals surface area contributed by atoms with Gasteiger partial charge in [-0.3, -0.25) is 0 Å². The first-order valence-corrected chi connectivity index (χ1v) is 43.1. The van der Waals surface area contributed by atoms with Crippen molar-refractivity contribution in [3.05, 3.63) is 425 Å². The largest absolute Gasteiger partial charge is 0.309 e. The molecule has 0 amide bonds. The second kappa shape index (κ2) is 25.6. The summed E-state index contributed by atoms with van der Waals surface area (Å²) < 4.78 is 10.0. The first-order valence-electron chi connectivity index (χ1n) is 43.1. The van der Waals surface area contributed by atoms with E-state index in [1.54, 1.807) is 0 Å². The van der Waals surface area contributed by atoms with Gasteiger partial charge in [0, 0.05) is 76.0 Å². The first kappa shape index (κ1) is 67.5. The van der Waals surface area contributed by atoms with E-state index in [4.69, 9.17) is 0 Å². The zero-order valence-electron chi connectivity index (χ0n) is 67.2. The molecule has 28 rings (SSSR count). The highest BCUT2D eigenvalue weighted by Crippen LogP contribution is 2.56. The van der Waals surface area contributed by atoms with Gasteiger partial charge in [0.15, 0.2) is 0 Å². The molecule has 2 aliphatic rings. The van der Waals surface area contributed by atoms with Gasteiger partial charge >= 0.3 is 0 Å². The molecule has 124 heavy (non-hydrogen) atoms. The van der Waals surface area contributed by atoms with E-state index in [0.29, 0.717) is 0 Å². The molecule has 0 N–H and O–H groups in total. The van der Waals surface area contributed by atoms with Crippen molar-refractivity contribution in [1.82, 2.24) is 18.3 Å². The van der Waals surface area contributed by atoms with Crippen LogP contribution in [0.1, 0.15) is 0 Å². The van der Waals surface area contributed by atoms with Crippen molar-refractivity contribution in [3.8, 4) is 123 Å². The van der Waals surface area contributed by atoms with Gasteiger partial charge in [0.25, 0.3) is 0 Å². The summed E-state index contributed by atoms with van der Waals surface area (Å²) in [5.41, 5.74) is 36.1. The van der Waals surface area contributed by atoms with Crippen molar-refractivity contribution >= 4 is 152 Å². The van der Waals surface area contributed by atoms with Gasteiger partial charge in [-0.2, -0.15) is 0 Å². The van der Waals surface area contributed by atoms with Crippen LogP contribution in [0.4, 0.5) is 0 Å². The third kappa shape index (κ3) is 9.40. The maximum Gasteiger partial charge on any atom is 0.0619 e. The van der Waals surface area contributed by atoms with Crippen molar-refractivity contribution in [2.45, 2.75) is 0 Å². The van der Waals surface area contributed by atoms with Crippen molar-refractivity contribution in [2.24, 2.45) is 0 Å². The molecular weight excluding hydrogens is 1500 g/mol. The van der Waals surface area contributed by atoms with E-state index >= 15 is 0 Å². The molecule has 2 aliphatic carbocycles. The number of nitrogens with zero attached hydrogens (tertiary/aromatic N) is 4. The Bertz CT molecular complexity index is 9210. The standard InChI is InChI=1S/C120H70N4/c1-3-25-78(26-4-1)121-108-43-19-17-37-93(108)106-65-73(49-61-112(106)121)75-47-52-94-101-53-45-72-24-8-10-30-81(72)120(101)124(114(94)69-75)111-64-60-87(83-32-14-16-36-92(83)111)89-56-58-100-105-67-76(48-51-90(105)98-42-22-41-97(89)117(98)100)104-68-77(74-50-62-113-107(66-74)102-54-46-71-23-7-9-29-80(71)119(102)122(113)79-27-5-2-6-28-79)70-115-118(104)103-38-18-20-44-109(103)123(115)110-63-59-86(82-31-13-15-35-91(82)110)88-55-57-99-85-34-12-11-33-84(85)95-39-21-40-96(88)116(95)99/h1-70H. The van der Waals surface area contributed by atoms with Crippen LogP contribution >= 0.6 is 0 Å². The summed E-state index contributed by atoms with van der Waals surface area (Å²) in [5, 5.41) is 24.6. The first-order chi connectivity index (χ1) is 61.5. The minimum atomic E-state index is 1.14. The topological polar surface area (TPSA) is 19.7 Å². The maximum atomic E-state index is 2.58. The summed E-state index contributed by atoms with van der Waals surface area (Å²) in [5.74, 6) is 0. The molecule has 0 bridgehead atoms. The molecule has 4 heterocycles. The van der Waals surface area contributed by atoms with Gasteiger partial charge in [0.1, 0.15) is 0 Å². The molecule has 570 valence electrons. The van der Waals surface area contributed by atoms with Crippen LogP contribution in [0.5, 0.6) is 0 Å². The zero-order valence-corrected chi connectivity index (χ0v) is 67.2. The summed E-state index contributed by atoms with van der Waals surface area (Å²) >= 11 is 0. The normalized spacial score (nSPS) is 12.4. The average molecular weight is 1570 g/mol. The van der Waals surface area contributed by atoms with E-state index in [-0.39, 0.29) is 0 Å². The number of hydrogen-bond acceptors (Lipinski definition) is 0. The van der Waals surface area contributed by atoms with Gasteiger partial charge in [-0.1, -0.05) is 328 Å². The molecule has 0 fully saturated rings. The predicted octanol–water partition coefficient (Wildman–Crippen LogP) is 32.6. The van der Waals surface area contributed by atoms with E-state index in [1.165, 1.54) is 230 Å². The molecule has 0 unspecified atom stereocenters. The molecule has 4 heteroatoms. The van der Waals surface area contributed by atoms with E-state index in [9.17, 15) is 0 Å². The number of fused-ring (bicyclic) bond motifs is 24. The maximum absolute atomic E-state index is 2.58. The third-order valence-electron chi connectivity index (χ3n) is 27.8. The number of aromatic nitrogens is 4. The Morgan fingerprint density at radius 2 is 0.500 bits per heavy atom.